The average molecular weight is 419 g/mol. The van der Waals surface area contributed by atoms with Crippen molar-refractivity contribution in [2.75, 3.05) is 13.7 Å². The summed E-state index contributed by atoms with van der Waals surface area (Å²) in [6.07, 6.45) is 0. The van der Waals surface area contributed by atoms with Crippen LogP contribution in [0.2, 0.25) is 5.02 Å². The fourth-order valence-corrected chi connectivity index (χ4v) is 4.40. The Kier molecular flexibility index (Phi) is 5.86. The first-order valence-electron chi connectivity index (χ1n) is 6.84. The second kappa shape index (κ2) is 7.32. The van der Waals surface area contributed by atoms with Gasteiger partial charge in [0.15, 0.2) is 0 Å². The fraction of sp³-hybridized carbons (Fsp3) is 0.250. The van der Waals surface area contributed by atoms with Crippen molar-refractivity contribution >= 4 is 37.6 Å². The van der Waals surface area contributed by atoms with Crippen LogP contribution in [-0.2, 0) is 20.4 Å². The number of methoxy groups -OCH3 is 1. The van der Waals surface area contributed by atoms with Gasteiger partial charge in [0.1, 0.15) is 5.60 Å². The maximum atomic E-state index is 12.5. The lowest BCUT2D eigenvalue weighted by atomic mass is 9.96. The molecule has 0 fully saturated rings. The van der Waals surface area contributed by atoms with Crippen LogP contribution in [0.5, 0.6) is 0 Å². The van der Waals surface area contributed by atoms with Crippen LogP contribution in [0, 0.1) is 0 Å². The summed E-state index contributed by atoms with van der Waals surface area (Å²) < 4.78 is 33.6. The summed E-state index contributed by atoms with van der Waals surface area (Å²) in [5.41, 5.74) is -0.0403. The highest BCUT2D eigenvalue weighted by Gasteiger charge is 2.29. The number of rotatable bonds is 6. The zero-order chi connectivity index (χ0) is 17.1. The van der Waals surface area contributed by atoms with E-state index in [0.29, 0.717) is 9.50 Å². The zero-order valence-corrected chi connectivity index (χ0v) is 15.9. The molecule has 1 N–H and O–H groups in total. The summed E-state index contributed by atoms with van der Waals surface area (Å²) >= 11 is 9.27. The molecule has 0 saturated heterocycles. The van der Waals surface area contributed by atoms with Crippen molar-refractivity contribution in [3.05, 3.63) is 63.6 Å². The Morgan fingerprint density at radius 2 is 1.91 bits per heavy atom. The monoisotopic (exact) mass is 417 g/mol. The zero-order valence-electron chi connectivity index (χ0n) is 12.7. The van der Waals surface area contributed by atoms with Gasteiger partial charge >= 0.3 is 0 Å². The Balaban J connectivity index is 2.25. The SMILES string of the molecule is COC(C)(CNS(=O)(=O)c1ccccc1Br)c1cccc(Cl)c1. The van der Waals surface area contributed by atoms with Crippen LogP contribution < -0.4 is 4.72 Å². The highest BCUT2D eigenvalue weighted by molar-refractivity contribution is 9.10. The van der Waals surface area contributed by atoms with Crippen molar-refractivity contribution < 1.29 is 13.2 Å². The van der Waals surface area contributed by atoms with Crippen LogP contribution in [0.15, 0.2) is 57.9 Å². The smallest absolute Gasteiger partial charge is 0.241 e. The van der Waals surface area contributed by atoms with E-state index in [1.807, 2.05) is 6.07 Å². The second-order valence-electron chi connectivity index (χ2n) is 5.20. The predicted octanol–water partition coefficient (Wildman–Crippen LogP) is 3.94. The highest BCUT2D eigenvalue weighted by Crippen LogP contribution is 2.27. The Hall–Kier alpha value is -0.920. The van der Waals surface area contributed by atoms with E-state index in [4.69, 9.17) is 16.3 Å². The molecule has 1 unspecified atom stereocenters. The van der Waals surface area contributed by atoms with E-state index < -0.39 is 15.6 Å². The van der Waals surface area contributed by atoms with E-state index in [1.54, 1.807) is 43.3 Å². The molecule has 2 rings (SSSR count). The van der Waals surface area contributed by atoms with Crippen molar-refractivity contribution in [1.82, 2.24) is 4.72 Å². The minimum absolute atomic E-state index is 0.0769. The molecular weight excluding hydrogens is 402 g/mol. The standard InChI is InChI=1S/C16H17BrClNO3S/c1-16(22-2,12-6-5-7-13(18)10-12)11-19-23(20,21)15-9-4-3-8-14(15)17/h3-10,19H,11H2,1-2H3. The van der Waals surface area contributed by atoms with Crippen LogP contribution in [0.4, 0.5) is 0 Å². The first kappa shape index (κ1) is 18.4. The number of ether oxygens (including phenoxy) is 1. The number of nitrogens with one attached hydrogen (secondary N) is 1. The molecule has 124 valence electrons. The third kappa shape index (κ3) is 4.33. The van der Waals surface area contributed by atoms with Gasteiger partial charge in [-0.25, -0.2) is 13.1 Å². The Morgan fingerprint density at radius 1 is 1.22 bits per heavy atom. The van der Waals surface area contributed by atoms with Crippen molar-refractivity contribution in [3.8, 4) is 0 Å². The minimum Gasteiger partial charge on any atom is -0.372 e. The molecule has 2 aromatic rings. The Bertz CT molecular complexity index is 797. The van der Waals surface area contributed by atoms with Gasteiger partial charge < -0.3 is 4.74 Å². The van der Waals surface area contributed by atoms with Gasteiger partial charge in [-0.15, -0.1) is 0 Å². The lowest BCUT2D eigenvalue weighted by Gasteiger charge is -2.29. The Morgan fingerprint density at radius 3 is 2.52 bits per heavy atom. The summed E-state index contributed by atoms with van der Waals surface area (Å²) in [4.78, 5) is 0.185. The summed E-state index contributed by atoms with van der Waals surface area (Å²) in [5.74, 6) is 0. The first-order valence-corrected chi connectivity index (χ1v) is 9.49. The molecule has 1 atom stereocenters. The summed E-state index contributed by atoms with van der Waals surface area (Å²) in [6, 6.07) is 13.8. The van der Waals surface area contributed by atoms with Crippen LogP contribution >= 0.6 is 27.5 Å². The topological polar surface area (TPSA) is 55.4 Å². The number of sulfonamides is 1. The van der Waals surface area contributed by atoms with Gasteiger partial charge in [0, 0.05) is 23.1 Å². The van der Waals surface area contributed by atoms with Crippen molar-refractivity contribution in [2.24, 2.45) is 0 Å². The molecule has 0 bridgehead atoms. The predicted molar refractivity (Wildman–Crippen MR) is 95.1 cm³/mol. The van der Waals surface area contributed by atoms with Crippen LogP contribution in [0.3, 0.4) is 0 Å². The van der Waals surface area contributed by atoms with E-state index in [0.717, 1.165) is 5.56 Å². The Labute approximate surface area is 150 Å². The summed E-state index contributed by atoms with van der Waals surface area (Å²) in [6.45, 7) is 1.88. The molecule has 0 aliphatic heterocycles. The van der Waals surface area contributed by atoms with Gasteiger partial charge in [-0.05, 0) is 52.7 Å². The molecule has 0 aromatic heterocycles. The van der Waals surface area contributed by atoms with E-state index in [9.17, 15) is 8.42 Å². The van der Waals surface area contributed by atoms with Gasteiger partial charge in [0.2, 0.25) is 10.0 Å². The maximum absolute atomic E-state index is 12.5. The molecule has 23 heavy (non-hydrogen) atoms. The van der Waals surface area contributed by atoms with E-state index in [1.165, 1.54) is 13.2 Å². The summed E-state index contributed by atoms with van der Waals surface area (Å²) in [5, 5.41) is 0.569. The van der Waals surface area contributed by atoms with Crippen LogP contribution in [0.25, 0.3) is 0 Å². The maximum Gasteiger partial charge on any atom is 0.241 e. The van der Waals surface area contributed by atoms with Gasteiger partial charge in [0.05, 0.1) is 4.90 Å². The molecule has 2 aromatic carbocycles. The molecule has 0 spiro atoms. The number of benzene rings is 2. The molecule has 0 amide bonds. The third-order valence-corrected chi connectivity index (χ3v) is 6.26. The lowest BCUT2D eigenvalue weighted by Crippen LogP contribution is -2.40. The second-order valence-corrected chi connectivity index (χ2v) is 8.23. The van der Waals surface area contributed by atoms with Crippen LogP contribution in [-0.4, -0.2) is 22.1 Å². The number of hydrogen-bond donors (Lipinski definition) is 1. The largest absolute Gasteiger partial charge is 0.372 e. The number of halogens is 2. The third-order valence-electron chi connectivity index (χ3n) is 3.61. The lowest BCUT2D eigenvalue weighted by molar-refractivity contribution is 0.00698. The van der Waals surface area contributed by atoms with E-state index >= 15 is 0 Å². The molecule has 0 radical (unpaired) electrons. The molecule has 0 aliphatic carbocycles. The highest BCUT2D eigenvalue weighted by atomic mass is 79.9. The van der Waals surface area contributed by atoms with Gasteiger partial charge in [0.25, 0.3) is 0 Å². The van der Waals surface area contributed by atoms with E-state index in [2.05, 4.69) is 20.7 Å². The molecule has 0 heterocycles. The van der Waals surface area contributed by atoms with Gasteiger partial charge in [-0.1, -0.05) is 35.9 Å². The van der Waals surface area contributed by atoms with Crippen LogP contribution in [0.1, 0.15) is 12.5 Å². The molecule has 7 heteroatoms. The fourth-order valence-electron chi connectivity index (χ4n) is 2.08. The molecular formula is C16H17BrClNO3S. The normalized spacial score (nSPS) is 14.4. The average Bonchev–Trinajstić information content (AvgIpc) is 2.53. The first-order chi connectivity index (χ1) is 10.8. The van der Waals surface area contributed by atoms with E-state index in [-0.39, 0.29) is 11.4 Å². The van der Waals surface area contributed by atoms with Gasteiger partial charge in [-0.3, -0.25) is 0 Å². The quantitative estimate of drug-likeness (QED) is 0.773. The molecule has 4 nitrogen and oxygen atoms in total. The van der Waals surface area contributed by atoms with Crippen molar-refractivity contribution in [2.45, 2.75) is 17.4 Å². The molecule has 0 saturated carbocycles. The van der Waals surface area contributed by atoms with Crippen molar-refractivity contribution in [1.29, 1.82) is 0 Å². The molecule has 0 aliphatic rings. The minimum atomic E-state index is -3.66. The number of hydrogen-bond acceptors (Lipinski definition) is 3. The summed E-state index contributed by atoms with van der Waals surface area (Å²) in [7, 11) is -2.13. The van der Waals surface area contributed by atoms with Crippen molar-refractivity contribution in [3.63, 3.8) is 0 Å². The van der Waals surface area contributed by atoms with Gasteiger partial charge in [-0.2, -0.15) is 0 Å².